The summed E-state index contributed by atoms with van der Waals surface area (Å²) in [6, 6.07) is 16.1. The number of benzene rings is 2. The van der Waals surface area contributed by atoms with Gasteiger partial charge in [0.2, 0.25) is 0 Å². The van der Waals surface area contributed by atoms with Gasteiger partial charge in [0.15, 0.2) is 0 Å². The lowest BCUT2D eigenvalue weighted by molar-refractivity contribution is 0.415. The molecule has 2 aromatic carbocycles. The molecule has 0 amide bonds. The Bertz CT molecular complexity index is 587. The number of ether oxygens (including phenoxy) is 1. The summed E-state index contributed by atoms with van der Waals surface area (Å²) in [5.74, 6) is 0.835. The number of nitrogens with one attached hydrogen (secondary N) is 1. The van der Waals surface area contributed by atoms with E-state index in [-0.39, 0.29) is 0 Å². The Balaban J connectivity index is 1.95. The fraction of sp³-hybridized carbons (Fsp3) is 0.278. The zero-order valence-corrected chi connectivity index (χ0v) is 13.4. The first kappa shape index (κ1) is 15.9. The van der Waals surface area contributed by atoms with E-state index < -0.39 is 0 Å². The SMILES string of the molecule is CCN(CC)c1ccc(/C=N/Nc2ccc(OC)cc2)cc1. The van der Waals surface area contributed by atoms with E-state index in [0.29, 0.717) is 0 Å². The largest absolute Gasteiger partial charge is 0.497 e. The molecule has 22 heavy (non-hydrogen) atoms. The molecular formula is C18H23N3O. The molecular weight excluding hydrogens is 274 g/mol. The third-order valence-electron chi connectivity index (χ3n) is 3.52. The standard InChI is InChI=1S/C18H23N3O/c1-4-21(5-2)17-10-6-15(7-11-17)14-19-20-16-8-12-18(22-3)13-9-16/h6-14,20H,4-5H2,1-3H3/b19-14+. The number of hydrogen-bond acceptors (Lipinski definition) is 4. The monoisotopic (exact) mass is 297 g/mol. The van der Waals surface area contributed by atoms with Gasteiger partial charge >= 0.3 is 0 Å². The van der Waals surface area contributed by atoms with Crippen LogP contribution in [0, 0.1) is 0 Å². The minimum absolute atomic E-state index is 0.835. The van der Waals surface area contributed by atoms with E-state index >= 15 is 0 Å². The molecule has 0 aromatic heterocycles. The number of methoxy groups -OCH3 is 1. The molecule has 0 fully saturated rings. The highest BCUT2D eigenvalue weighted by Gasteiger charge is 2.00. The molecule has 0 unspecified atom stereocenters. The minimum atomic E-state index is 0.835. The van der Waals surface area contributed by atoms with Gasteiger partial charge in [0.1, 0.15) is 5.75 Å². The van der Waals surface area contributed by atoms with Gasteiger partial charge in [-0.15, -0.1) is 0 Å². The van der Waals surface area contributed by atoms with Crippen LogP contribution in [0.25, 0.3) is 0 Å². The molecule has 0 radical (unpaired) electrons. The van der Waals surface area contributed by atoms with Crippen LogP contribution in [0.4, 0.5) is 11.4 Å². The van der Waals surface area contributed by atoms with Crippen molar-refractivity contribution < 1.29 is 4.74 Å². The summed E-state index contributed by atoms with van der Waals surface area (Å²) in [5.41, 5.74) is 6.24. The highest BCUT2D eigenvalue weighted by molar-refractivity contribution is 5.81. The third-order valence-corrected chi connectivity index (χ3v) is 3.52. The average Bonchev–Trinajstić information content (AvgIpc) is 2.58. The zero-order valence-electron chi connectivity index (χ0n) is 13.4. The Morgan fingerprint density at radius 3 is 2.18 bits per heavy atom. The molecule has 0 saturated carbocycles. The molecule has 0 atom stereocenters. The number of anilines is 2. The predicted octanol–water partition coefficient (Wildman–Crippen LogP) is 3.99. The van der Waals surface area contributed by atoms with Crippen LogP contribution in [0.1, 0.15) is 19.4 Å². The highest BCUT2D eigenvalue weighted by atomic mass is 16.5. The summed E-state index contributed by atoms with van der Waals surface area (Å²) < 4.78 is 5.12. The Hall–Kier alpha value is -2.49. The second-order valence-electron chi connectivity index (χ2n) is 4.86. The van der Waals surface area contributed by atoms with Crippen molar-refractivity contribution >= 4 is 17.6 Å². The van der Waals surface area contributed by atoms with E-state index in [0.717, 1.165) is 30.1 Å². The minimum Gasteiger partial charge on any atom is -0.497 e. The lowest BCUT2D eigenvalue weighted by Crippen LogP contribution is -2.21. The van der Waals surface area contributed by atoms with Crippen molar-refractivity contribution in [3.63, 3.8) is 0 Å². The molecule has 0 aliphatic carbocycles. The van der Waals surface area contributed by atoms with Crippen molar-refractivity contribution in [2.75, 3.05) is 30.5 Å². The van der Waals surface area contributed by atoms with Crippen LogP contribution >= 0.6 is 0 Å². The first-order chi connectivity index (χ1) is 10.8. The second-order valence-corrected chi connectivity index (χ2v) is 4.86. The Kier molecular flexibility index (Phi) is 5.83. The Morgan fingerprint density at radius 1 is 1.00 bits per heavy atom. The number of hydrazone groups is 1. The van der Waals surface area contributed by atoms with Crippen LogP contribution in [0.2, 0.25) is 0 Å². The van der Waals surface area contributed by atoms with Crippen molar-refractivity contribution in [1.82, 2.24) is 0 Å². The Morgan fingerprint density at radius 2 is 1.64 bits per heavy atom. The Labute approximate surface area is 132 Å². The maximum atomic E-state index is 5.12. The molecule has 0 bridgehead atoms. The number of hydrogen-bond donors (Lipinski definition) is 1. The molecule has 0 spiro atoms. The van der Waals surface area contributed by atoms with Crippen LogP contribution in [-0.4, -0.2) is 26.4 Å². The van der Waals surface area contributed by atoms with Gasteiger partial charge in [-0.05, 0) is 55.8 Å². The van der Waals surface area contributed by atoms with Crippen molar-refractivity contribution in [2.24, 2.45) is 5.10 Å². The maximum Gasteiger partial charge on any atom is 0.119 e. The first-order valence-electron chi connectivity index (χ1n) is 7.55. The van der Waals surface area contributed by atoms with Gasteiger partial charge in [0.25, 0.3) is 0 Å². The molecule has 2 rings (SSSR count). The maximum absolute atomic E-state index is 5.12. The molecule has 1 N–H and O–H groups in total. The first-order valence-corrected chi connectivity index (χ1v) is 7.55. The predicted molar refractivity (Wildman–Crippen MR) is 94.2 cm³/mol. The lowest BCUT2D eigenvalue weighted by atomic mass is 10.2. The van der Waals surface area contributed by atoms with Gasteiger partial charge in [-0.2, -0.15) is 5.10 Å². The zero-order chi connectivity index (χ0) is 15.8. The van der Waals surface area contributed by atoms with Crippen LogP contribution in [-0.2, 0) is 0 Å². The van der Waals surface area contributed by atoms with Crippen molar-refractivity contribution in [3.8, 4) is 5.75 Å². The molecule has 116 valence electrons. The van der Waals surface area contributed by atoms with Crippen molar-refractivity contribution in [1.29, 1.82) is 0 Å². The summed E-state index contributed by atoms with van der Waals surface area (Å²) in [7, 11) is 1.66. The van der Waals surface area contributed by atoms with Crippen LogP contribution < -0.4 is 15.1 Å². The summed E-state index contributed by atoms with van der Waals surface area (Å²) in [6.45, 7) is 6.36. The smallest absolute Gasteiger partial charge is 0.119 e. The fourth-order valence-electron chi connectivity index (χ4n) is 2.21. The number of nitrogens with zero attached hydrogens (tertiary/aromatic N) is 2. The second kappa shape index (κ2) is 8.08. The van der Waals surface area contributed by atoms with E-state index in [1.54, 1.807) is 7.11 Å². The summed E-state index contributed by atoms with van der Waals surface area (Å²) >= 11 is 0. The fourth-order valence-corrected chi connectivity index (χ4v) is 2.21. The molecule has 0 heterocycles. The normalized spacial score (nSPS) is 10.7. The van der Waals surface area contributed by atoms with E-state index in [1.807, 2.05) is 30.5 Å². The van der Waals surface area contributed by atoms with Crippen LogP contribution in [0.15, 0.2) is 53.6 Å². The average molecular weight is 297 g/mol. The number of rotatable bonds is 7. The molecule has 4 nitrogen and oxygen atoms in total. The molecule has 2 aromatic rings. The van der Waals surface area contributed by atoms with E-state index in [1.165, 1.54) is 5.69 Å². The van der Waals surface area contributed by atoms with E-state index in [9.17, 15) is 0 Å². The van der Waals surface area contributed by atoms with E-state index in [2.05, 4.69) is 53.5 Å². The summed E-state index contributed by atoms with van der Waals surface area (Å²) in [5, 5.41) is 4.25. The molecule has 0 aliphatic rings. The molecule has 0 saturated heterocycles. The van der Waals surface area contributed by atoms with E-state index in [4.69, 9.17) is 4.74 Å². The van der Waals surface area contributed by atoms with Crippen LogP contribution in [0.3, 0.4) is 0 Å². The lowest BCUT2D eigenvalue weighted by Gasteiger charge is -2.20. The third kappa shape index (κ3) is 4.25. The molecule has 0 aliphatic heterocycles. The summed E-state index contributed by atoms with van der Waals surface area (Å²) in [6.07, 6.45) is 1.82. The topological polar surface area (TPSA) is 36.9 Å². The summed E-state index contributed by atoms with van der Waals surface area (Å²) in [4.78, 5) is 2.32. The molecule has 4 heteroatoms. The van der Waals surface area contributed by atoms with Gasteiger partial charge in [-0.3, -0.25) is 5.43 Å². The van der Waals surface area contributed by atoms with Crippen LogP contribution in [0.5, 0.6) is 5.75 Å². The van der Waals surface area contributed by atoms with Gasteiger partial charge in [-0.1, -0.05) is 12.1 Å². The van der Waals surface area contributed by atoms with Crippen molar-refractivity contribution in [3.05, 3.63) is 54.1 Å². The quantitative estimate of drug-likeness (QED) is 0.620. The van der Waals surface area contributed by atoms with Gasteiger partial charge in [0.05, 0.1) is 19.0 Å². The van der Waals surface area contributed by atoms with Gasteiger partial charge in [-0.25, -0.2) is 0 Å². The van der Waals surface area contributed by atoms with Crippen molar-refractivity contribution in [2.45, 2.75) is 13.8 Å². The highest BCUT2D eigenvalue weighted by Crippen LogP contribution is 2.16. The van der Waals surface area contributed by atoms with Gasteiger partial charge < -0.3 is 9.64 Å². The van der Waals surface area contributed by atoms with Gasteiger partial charge in [0, 0.05) is 18.8 Å².